The van der Waals surface area contributed by atoms with E-state index in [1.54, 1.807) is 0 Å². The molecule has 0 aliphatic heterocycles. The Bertz CT molecular complexity index is 517. The topological polar surface area (TPSA) is 46.5 Å². The number of benzene rings is 1. The fourth-order valence-electron chi connectivity index (χ4n) is 2.62. The van der Waals surface area contributed by atoms with E-state index in [2.05, 4.69) is 12.1 Å². The van der Waals surface area contributed by atoms with Crippen LogP contribution in [-0.2, 0) is 11.3 Å². The summed E-state index contributed by atoms with van der Waals surface area (Å²) in [5.41, 5.74) is 3.99. The minimum absolute atomic E-state index is 0.166. The summed E-state index contributed by atoms with van der Waals surface area (Å²) in [5.74, 6) is 0.238. The van der Waals surface area contributed by atoms with E-state index >= 15 is 0 Å². The van der Waals surface area contributed by atoms with Crippen LogP contribution in [0.25, 0.3) is 5.57 Å². The van der Waals surface area contributed by atoms with Gasteiger partial charge in [0.05, 0.1) is 0 Å². The van der Waals surface area contributed by atoms with E-state index in [1.807, 2.05) is 24.3 Å². The van der Waals surface area contributed by atoms with Crippen molar-refractivity contribution >= 4 is 11.4 Å². The van der Waals surface area contributed by atoms with Crippen molar-refractivity contribution in [2.45, 2.75) is 45.6 Å². The van der Waals surface area contributed by atoms with Crippen LogP contribution in [0.5, 0.6) is 0 Å². The molecule has 1 aliphatic carbocycles. The van der Waals surface area contributed by atoms with Crippen molar-refractivity contribution in [1.29, 1.82) is 0 Å². The van der Waals surface area contributed by atoms with Gasteiger partial charge in [0.15, 0.2) is 5.78 Å². The maximum absolute atomic E-state index is 12.1. The van der Waals surface area contributed by atoms with Crippen LogP contribution < -0.4 is 0 Å². The molecule has 0 radical (unpaired) electrons. The number of hydrogen-bond donors (Lipinski definition) is 0. The number of ketones is 1. The summed E-state index contributed by atoms with van der Waals surface area (Å²) >= 11 is 0. The van der Waals surface area contributed by atoms with Crippen molar-refractivity contribution in [3.8, 4) is 0 Å². The number of hydrogen-bond acceptors (Lipinski definition) is 3. The normalized spacial score (nSPS) is 15.1. The van der Waals surface area contributed by atoms with Crippen LogP contribution in [0.1, 0.15) is 50.2 Å². The Hall–Kier alpha value is -1.77. The van der Waals surface area contributed by atoms with Crippen molar-refractivity contribution in [3.05, 3.63) is 45.9 Å². The van der Waals surface area contributed by atoms with Gasteiger partial charge in [0.2, 0.25) is 0 Å². The van der Waals surface area contributed by atoms with Gasteiger partial charge in [-0.25, -0.2) is 0 Å². The molecule has 0 fully saturated rings. The zero-order valence-corrected chi connectivity index (χ0v) is 11.3. The molecule has 1 aromatic rings. The summed E-state index contributed by atoms with van der Waals surface area (Å²) < 4.78 is 0. The number of nitroso groups, excluding NO2 is 1. The first-order valence-electron chi connectivity index (χ1n) is 6.90. The van der Waals surface area contributed by atoms with E-state index in [1.165, 1.54) is 5.57 Å². The molecule has 0 N–H and O–H groups in total. The number of carbonyl (C=O) groups excluding carboxylic acids is 1. The monoisotopic (exact) mass is 257 g/mol. The standard InChI is InChI=1S/C16H19NO2/c1-2-3-6-13-8-9-15(18)16(13)14-7-4-5-12(10-14)11-17-19/h4-5,7,10H,2-3,6,8-9,11H2,1H3. The first-order chi connectivity index (χ1) is 9.26. The minimum atomic E-state index is 0.166. The van der Waals surface area contributed by atoms with Crippen LogP contribution in [0.2, 0.25) is 0 Å². The van der Waals surface area contributed by atoms with Crippen LogP contribution >= 0.6 is 0 Å². The lowest BCUT2D eigenvalue weighted by molar-refractivity contribution is -0.113. The number of carbonyl (C=O) groups is 1. The van der Waals surface area contributed by atoms with Crippen LogP contribution in [0.4, 0.5) is 0 Å². The molecule has 0 unspecified atom stereocenters. The van der Waals surface area contributed by atoms with Crippen LogP contribution in [0.3, 0.4) is 0 Å². The van der Waals surface area contributed by atoms with E-state index < -0.39 is 0 Å². The molecule has 0 saturated heterocycles. The summed E-state index contributed by atoms with van der Waals surface area (Å²) in [7, 11) is 0. The third-order valence-electron chi connectivity index (χ3n) is 3.58. The van der Waals surface area contributed by atoms with Gasteiger partial charge in [0.25, 0.3) is 0 Å². The summed E-state index contributed by atoms with van der Waals surface area (Å²) in [4.78, 5) is 22.4. The van der Waals surface area contributed by atoms with Crippen molar-refractivity contribution in [1.82, 2.24) is 0 Å². The van der Waals surface area contributed by atoms with E-state index in [0.717, 1.165) is 42.4 Å². The Morgan fingerprint density at radius 3 is 2.84 bits per heavy atom. The van der Waals surface area contributed by atoms with Gasteiger partial charge in [0.1, 0.15) is 6.54 Å². The van der Waals surface area contributed by atoms with Gasteiger partial charge < -0.3 is 0 Å². The highest BCUT2D eigenvalue weighted by Gasteiger charge is 2.23. The SMILES string of the molecule is CCCCC1=C(c2cccc(CN=O)c2)C(=O)CC1. The van der Waals surface area contributed by atoms with Gasteiger partial charge in [-0.3, -0.25) is 4.79 Å². The summed E-state index contributed by atoms with van der Waals surface area (Å²) in [5, 5.41) is 2.91. The average molecular weight is 257 g/mol. The zero-order valence-electron chi connectivity index (χ0n) is 11.3. The predicted octanol–water partition coefficient (Wildman–Crippen LogP) is 4.26. The second kappa shape index (κ2) is 6.41. The van der Waals surface area contributed by atoms with E-state index in [-0.39, 0.29) is 12.3 Å². The fraction of sp³-hybridized carbons (Fsp3) is 0.438. The van der Waals surface area contributed by atoms with Crippen molar-refractivity contribution in [2.24, 2.45) is 5.18 Å². The number of Topliss-reactive ketones (excluding diaryl/α,β-unsaturated/α-hetero) is 1. The third kappa shape index (κ3) is 3.16. The van der Waals surface area contributed by atoms with Gasteiger partial charge >= 0.3 is 0 Å². The number of rotatable bonds is 6. The molecule has 0 amide bonds. The molecule has 0 saturated carbocycles. The molecule has 0 aromatic heterocycles. The summed E-state index contributed by atoms with van der Waals surface area (Å²) in [6.07, 6.45) is 4.80. The van der Waals surface area contributed by atoms with Crippen molar-refractivity contribution in [3.63, 3.8) is 0 Å². The van der Waals surface area contributed by atoms with Crippen molar-refractivity contribution < 1.29 is 4.79 Å². The lowest BCUT2D eigenvalue weighted by Gasteiger charge is -2.07. The molecule has 2 rings (SSSR count). The highest BCUT2D eigenvalue weighted by molar-refractivity contribution is 6.23. The summed E-state index contributed by atoms with van der Waals surface area (Å²) in [6, 6.07) is 7.65. The molecule has 1 aromatic carbocycles. The van der Waals surface area contributed by atoms with Crippen LogP contribution in [0, 0.1) is 4.91 Å². The highest BCUT2D eigenvalue weighted by atomic mass is 16.3. The largest absolute Gasteiger partial charge is 0.294 e. The lowest BCUT2D eigenvalue weighted by Crippen LogP contribution is -1.97. The van der Waals surface area contributed by atoms with E-state index in [9.17, 15) is 9.70 Å². The Kier molecular flexibility index (Phi) is 4.61. The van der Waals surface area contributed by atoms with Crippen molar-refractivity contribution in [2.75, 3.05) is 0 Å². The molecular formula is C16H19NO2. The van der Waals surface area contributed by atoms with Crippen LogP contribution in [-0.4, -0.2) is 5.78 Å². The molecule has 3 heteroatoms. The van der Waals surface area contributed by atoms with Gasteiger partial charge in [-0.15, -0.1) is 0 Å². The Balaban J connectivity index is 2.33. The quantitative estimate of drug-likeness (QED) is 0.715. The maximum atomic E-state index is 12.1. The number of unbranched alkanes of at least 4 members (excludes halogenated alkanes) is 1. The Morgan fingerprint density at radius 1 is 1.26 bits per heavy atom. The molecule has 0 bridgehead atoms. The second-order valence-electron chi connectivity index (χ2n) is 4.99. The third-order valence-corrected chi connectivity index (χ3v) is 3.58. The minimum Gasteiger partial charge on any atom is -0.294 e. The maximum Gasteiger partial charge on any atom is 0.163 e. The molecule has 0 heterocycles. The molecule has 19 heavy (non-hydrogen) atoms. The van der Waals surface area contributed by atoms with Gasteiger partial charge in [-0.1, -0.05) is 42.3 Å². The molecule has 3 nitrogen and oxygen atoms in total. The first-order valence-corrected chi connectivity index (χ1v) is 6.90. The van der Waals surface area contributed by atoms with Gasteiger partial charge in [-0.05, 0) is 36.5 Å². The van der Waals surface area contributed by atoms with E-state index in [4.69, 9.17) is 0 Å². The smallest absolute Gasteiger partial charge is 0.163 e. The average Bonchev–Trinajstić information content (AvgIpc) is 2.78. The molecule has 0 spiro atoms. The zero-order chi connectivity index (χ0) is 13.7. The predicted molar refractivity (Wildman–Crippen MR) is 76.6 cm³/mol. The lowest BCUT2D eigenvalue weighted by atomic mass is 9.97. The number of nitrogens with zero attached hydrogens (tertiary/aromatic N) is 1. The van der Waals surface area contributed by atoms with E-state index in [0.29, 0.717) is 6.42 Å². The molecule has 1 aliphatic rings. The van der Waals surface area contributed by atoms with Gasteiger partial charge in [0, 0.05) is 12.0 Å². The Morgan fingerprint density at radius 2 is 2.11 bits per heavy atom. The van der Waals surface area contributed by atoms with Gasteiger partial charge in [-0.2, -0.15) is 4.91 Å². The highest BCUT2D eigenvalue weighted by Crippen LogP contribution is 2.34. The number of allylic oxidation sites excluding steroid dienone is 2. The van der Waals surface area contributed by atoms with Crippen LogP contribution in [0.15, 0.2) is 35.0 Å². The molecule has 0 atom stereocenters. The fourth-order valence-corrected chi connectivity index (χ4v) is 2.62. The molecular weight excluding hydrogens is 238 g/mol. The second-order valence-corrected chi connectivity index (χ2v) is 4.99. The Labute approximate surface area is 113 Å². The molecule has 100 valence electrons. The summed E-state index contributed by atoms with van der Waals surface area (Å²) in [6.45, 7) is 2.33. The first kappa shape index (κ1) is 13.7.